The molecule has 5 aromatic rings. The molecule has 0 fully saturated rings. The van der Waals surface area contributed by atoms with E-state index in [1.54, 1.807) is 47.8 Å². The normalized spacial score (nSPS) is 10.9. The van der Waals surface area contributed by atoms with Crippen LogP contribution in [0, 0.1) is 0 Å². The summed E-state index contributed by atoms with van der Waals surface area (Å²) in [7, 11) is 0. The molecule has 0 saturated carbocycles. The number of nitrogens with zero attached hydrogens (tertiary/aromatic N) is 2. The molecular formula is C28H23N3O6S. The quantitative estimate of drug-likeness (QED) is 0.293. The van der Waals surface area contributed by atoms with E-state index in [9.17, 15) is 19.2 Å². The molecule has 2 aromatic carbocycles. The molecule has 0 unspecified atom stereocenters. The third-order valence-electron chi connectivity index (χ3n) is 5.88. The Labute approximate surface area is 220 Å². The van der Waals surface area contributed by atoms with Crippen LogP contribution in [-0.2, 0) is 40.4 Å². The number of fused-ring (bicyclic) bond motifs is 1. The lowest BCUT2D eigenvalue weighted by atomic mass is 10.1. The van der Waals surface area contributed by atoms with Crippen LogP contribution in [0.5, 0.6) is 0 Å². The van der Waals surface area contributed by atoms with Crippen LogP contribution in [-0.4, -0.2) is 21.0 Å². The van der Waals surface area contributed by atoms with Crippen molar-refractivity contribution >= 4 is 33.4 Å². The van der Waals surface area contributed by atoms with Gasteiger partial charge in [0.25, 0.3) is 5.56 Å². The van der Waals surface area contributed by atoms with Gasteiger partial charge in [-0.3, -0.25) is 19.0 Å². The fourth-order valence-electron chi connectivity index (χ4n) is 3.99. The summed E-state index contributed by atoms with van der Waals surface area (Å²) in [4.78, 5) is 51.5. The minimum absolute atomic E-state index is 0.0807. The fourth-order valence-corrected chi connectivity index (χ4v) is 4.81. The first kappa shape index (κ1) is 25.0. The number of hydrogen-bond donors (Lipinski definition) is 1. The predicted octanol–water partition coefficient (Wildman–Crippen LogP) is 3.41. The molecule has 38 heavy (non-hydrogen) atoms. The van der Waals surface area contributed by atoms with Crippen LogP contribution >= 0.6 is 11.3 Å². The van der Waals surface area contributed by atoms with Crippen molar-refractivity contribution in [1.82, 2.24) is 14.5 Å². The Morgan fingerprint density at radius 1 is 0.921 bits per heavy atom. The van der Waals surface area contributed by atoms with Crippen LogP contribution in [0.15, 0.2) is 98.4 Å². The molecule has 0 aliphatic carbocycles. The van der Waals surface area contributed by atoms with Crippen LogP contribution in [0.4, 0.5) is 0 Å². The third-order valence-corrected chi connectivity index (χ3v) is 6.78. The molecule has 9 nitrogen and oxygen atoms in total. The van der Waals surface area contributed by atoms with Crippen LogP contribution in [0.3, 0.4) is 0 Å². The zero-order valence-electron chi connectivity index (χ0n) is 20.2. The molecule has 3 aromatic heterocycles. The average Bonchev–Trinajstić information content (AvgIpc) is 3.63. The number of thiophene rings is 1. The Hall–Kier alpha value is -4.70. The summed E-state index contributed by atoms with van der Waals surface area (Å²) < 4.78 is 13.2. The van der Waals surface area contributed by atoms with E-state index in [1.165, 1.54) is 22.2 Å². The van der Waals surface area contributed by atoms with Crippen LogP contribution in [0.2, 0.25) is 0 Å². The standard InChI is InChI=1S/C28H23N3O6S/c32-24(29-16-22-7-4-13-36-22)15-19-8-10-21(11-9-19)31-27(34)26-23(12-14-38-26)30(28(31)35)17-25(33)37-18-20-5-2-1-3-6-20/h1-14H,15-18H2,(H,29,32). The number of carbonyl (C=O) groups excluding carboxylic acids is 2. The summed E-state index contributed by atoms with van der Waals surface area (Å²) in [5, 5.41) is 4.48. The lowest BCUT2D eigenvalue weighted by Gasteiger charge is -2.12. The Kier molecular flexibility index (Phi) is 7.32. The van der Waals surface area contributed by atoms with Gasteiger partial charge in [0, 0.05) is 0 Å². The van der Waals surface area contributed by atoms with E-state index in [-0.39, 0.29) is 32.0 Å². The number of rotatable bonds is 9. The largest absolute Gasteiger partial charge is 0.467 e. The van der Waals surface area contributed by atoms with Crippen molar-refractivity contribution in [2.75, 3.05) is 0 Å². The molecule has 10 heteroatoms. The highest BCUT2D eigenvalue weighted by molar-refractivity contribution is 7.17. The number of benzene rings is 2. The van der Waals surface area contributed by atoms with Crippen molar-refractivity contribution in [3.8, 4) is 5.69 Å². The Balaban J connectivity index is 1.35. The first-order chi connectivity index (χ1) is 18.5. The number of esters is 1. The predicted molar refractivity (Wildman–Crippen MR) is 142 cm³/mol. The molecule has 5 rings (SSSR count). The summed E-state index contributed by atoms with van der Waals surface area (Å²) in [6.45, 7) is 0.0258. The van der Waals surface area contributed by atoms with Gasteiger partial charge >= 0.3 is 11.7 Å². The molecule has 1 amide bonds. The molecule has 0 saturated heterocycles. The van der Waals surface area contributed by atoms with Crippen molar-refractivity contribution in [3.05, 3.63) is 122 Å². The maximum Gasteiger partial charge on any atom is 0.336 e. The summed E-state index contributed by atoms with van der Waals surface area (Å²) in [5.41, 5.74) is 1.12. The zero-order valence-corrected chi connectivity index (χ0v) is 21.0. The van der Waals surface area contributed by atoms with E-state index in [0.29, 0.717) is 27.2 Å². The van der Waals surface area contributed by atoms with Crippen molar-refractivity contribution in [2.24, 2.45) is 0 Å². The number of furan rings is 1. The number of aromatic nitrogens is 2. The summed E-state index contributed by atoms with van der Waals surface area (Å²) in [5.74, 6) is -0.135. The topological polar surface area (TPSA) is 113 Å². The van der Waals surface area contributed by atoms with Crippen molar-refractivity contribution in [1.29, 1.82) is 0 Å². The molecule has 192 valence electrons. The van der Waals surface area contributed by atoms with Gasteiger partial charge in [0.2, 0.25) is 5.91 Å². The molecule has 0 radical (unpaired) electrons. The number of hydrogen-bond acceptors (Lipinski definition) is 7. The highest BCUT2D eigenvalue weighted by atomic mass is 32.1. The summed E-state index contributed by atoms with van der Waals surface area (Å²) in [6.07, 6.45) is 1.66. The minimum atomic E-state index is -0.651. The van der Waals surface area contributed by atoms with Crippen LogP contribution in [0.1, 0.15) is 16.9 Å². The molecule has 0 spiro atoms. The van der Waals surface area contributed by atoms with Gasteiger partial charge in [-0.15, -0.1) is 11.3 Å². The summed E-state index contributed by atoms with van der Waals surface area (Å²) >= 11 is 1.19. The molecule has 0 bridgehead atoms. The second kappa shape index (κ2) is 11.1. The number of ether oxygens (including phenoxy) is 1. The zero-order chi connectivity index (χ0) is 26.5. The van der Waals surface area contributed by atoms with Gasteiger partial charge in [-0.2, -0.15) is 0 Å². The maximum atomic E-state index is 13.4. The number of carbonyl (C=O) groups is 2. The number of amides is 1. The van der Waals surface area contributed by atoms with E-state index in [2.05, 4.69) is 5.32 Å². The molecular weight excluding hydrogens is 506 g/mol. The van der Waals surface area contributed by atoms with Crippen LogP contribution < -0.4 is 16.6 Å². The van der Waals surface area contributed by atoms with Crippen molar-refractivity contribution in [3.63, 3.8) is 0 Å². The van der Waals surface area contributed by atoms with Gasteiger partial charge in [-0.05, 0) is 46.8 Å². The second-order valence-corrected chi connectivity index (χ2v) is 9.41. The van der Waals surface area contributed by atoms with Gasteiger partial charge in [0.1, 0.15) is 23.6 Å². The first-order valence-corrected chi connectivity index (χ1v) is 12.7. The van der Waals surface area contributed by atoms with Gasteiger partial charge in [0.05, 0.1) is 30.4 Å². The van der Waals surface area contributed by atoms with Gasteiger partial charge in [-0.25, -0.2) is 9.36 Å². The highest BCUT2D eigenvalue weighted by Gasteiger charge is 2.18. The van der Waals surface area contributed by atoms with E-state index >= 15 is 0 Å². The highest BCUT2D eigenvalue weighted by Crippen LogP contribution is 2.17. The van der Waals surface area contributed by atoms with Crippen molar-refractivity contribution < 1.29 is 18.7 Å². The maximum absolute atomic E-state index is 13.4. The van der Waals surface area contributed by atoms with Crippen molar-refractivity contribution in [2.45, 2.75) is 26.1 Å². The van der Waals surface area contributed by atoms with E-state index < -0.39 is 17.2 Å². The first-order valence-electron chi connectivity index (χ1n) is 11.8. The van der Waals surface area contributed by atoms with Gasteiger partial charge < -0.3 is 14.5 Å². The lowest BCUT2D eigenvalue weighted by molar-refractivity contribution is -0.145. The van der Waals surface area contributed by atoms with E-state index in [4.69, 9.17) is 9.15 Å². The van der Waals surface area contributed by atoms with Gasteiger partial charge in [-0.1, -0.05) is 42.5 Å². The lowest BCUT2D eigenvalue weighted by Crippen LogP contribution is -2.39. The average molecular weight is 530 g/mol. The molecule has 0 atom stereocenters. The molecule has 1 N–H and O–H groups in total. The molecule has 0 aliphatic rings. The van der Waals surface area contributed by atoms with Crippen LogP contribution in [0.25, 0.3) is 15.9 Å². The SMILES string of the molecule is O=C(Cc1ccc(-n2c(=O)c3sccc3n(CC(=O)OCc3ccccc3)c2=O)cc1)NCc1ccco1. The Morgan fingerprint density at radius 2 is 1.71 bits per heavy atom. The van der Waals surface area contributed by atoms with E-state index in [1.807, 2.05) is 30.3 Å². The molecule has 3 heterocycles. The summed E-state index contributed by atoms with van der Waals surface area (Å²) in [6, 6.07) is 21.0. The molecule has 0 aliphatic heterocycles. The Morgan fingerprint density at radius 3 is 2.45 bits per heavy atom. The fraction of sp³-hybridized carbons (Fsp3) is 0.143. The van der Waals surface area contributed by atoms with E-state index in [0.717, 1.165) is 10.1 Å². The monoisotopic (exact) mass is 529 g/mol. The van der Waals surface area contributed by atoms with Gasteiger partial charge in [0.15, 0.2) is 0 Å². The third kappa shape index (κ3) is 5.50. The Bertz CT molecular complexity index is 1680. The number of nitrogens with one attached hydrogen (secondary N) is 1. The second-order valence-electron chi connectivity index (χ2n) is 8.49. The minimum Gasteiger partial charge on any atom is -0.467 e. The smallest absolute Gasteiger partial charge is 0.336 e.